The minimum Gasteiger partial charge on any atom is -0.480 e. The predicted molar refractivity (Wildman–Crippen MR) is 55.8 cm³/mol. The van der Waals surface area contributed by atoms with Crippen molar-refractivity contribution in [2.24, 2.45) is 5.73 Å². The van der Waals surface area contributed by atoms with Crippen molar-refractivity contribution in [1.82, 2.24) is 4.98 Å². The highest BCUT2D eigenvalue weighted by Gasteiger charge is 2.11. The molecule has 0 aliphatic rings. The molecule has 6 heteroatoms. The van der Waals surface area contributed by atoms with Gasteiger partial charge in [0.1, 0.15) is 11.2 Å². The minimum atomic E-state index is -1.02. The van der Waals surface area contributed by atoms with Crippen molar-refractivity contribution >= 4 is 30.0 Å². The van der Waals surface area contributed by atoms with Crippen LogP contribution in [0, 0.1) is 0 Å². The van der Waals surface area contributed by atoms with Crippen molar-refractivity contribution < 1.29 is 9.90 Å². The van der Waals surface area contributed by atoms with Gasteiger partial charge in [-0.25, -0.2) is 4.98 Å². The van der Waals surface area contributed by atoms with Gasteiger partial charge in [0, 0.05) is 6.20 Å². The second-order valence-corrected chi connectivity index (χ2v) is 3.03. The van der Waals surface area contributed by atoms with E-state index in [0.717, 1.165) is 5.56 Å². The summed E-state index contributed by atoms with van der Waals surface area (Å²) in [4.78, 5) is 14.2. The number of rotatable bonds is 3. The molecule has 3 N–H and O–H groups in total. The average Bonchev–Trinajstić information content (AvgIpc) is 2.08. The van der Waals surface area contributed by atoms with Gasteiger partial charge in [-0.1, -0.05) is 17.7 Å². The molecule has 0 spiro atoms. The molecule has 0 aliphatic heterocycles. The van der Waals surface area contributed by atoms with E-state index in [1.807, 2.05) is 0 Å². The fourth-order valence-corrected chi connectivity index (χ4v) is 0.980. The fourth-order valence-electron chi connectivity index (χ4n) is 0.868. The minimum absolute atomic E-state index is 0. The van der Waals surface area contributed by atoms with Crippen LogP contribution in [0.15, 0.2) is 18.3 Å². The summed E-state index contributed by atoms with van der Waals surface area (Å²) in [5.41, 5.74) is 6.09. The van der Waals surface area contributed by atoms with Crippen molar-refractivity contribution in [3.05, 3.63) is 29.0 Å². The predicted octanol–water partition coefficient (Wildman–Crippen LogP) is 1.11. The van der Waals surface area contributed by atoms with Crippen LogP contribution >= 0.6 is 24.0 Å². The maximum Gasteiger partial charge on any atom is 0.320 e. The Morgan fingerprint density at radius 2 is 2.29 bits per heavy atom. The van der Waals surface area contributed by atoms with Gasteiger partial charge in [-0.3, -0.25) is 4.79 Å². The van der Waals surface area contributed by atoms with E-state index in [0.29, 0.717) is 5.15 Å². The summed E-state index contributed by atoms with van der Waals surface area (Å²) < 4.78 is 0. The van der Waals surface area contributed by atoms with Crippen LogP contribution in [0.2, 0.25) is 5.15 Å². The number of aliphatic carboxylic acids is 1. The molecule has 0 amide bonds. The Hall–Kier alpha value is -0.840. The Kier molecular flexibility index (Phi) is 5.45. The second-order valence-electron chi connectivity index (χ2n) is 2.64. The number of nitrogens with zero attached hydrogens (tertiary/aromatic N) is 1. The van der Waals surface area contributed by atoms with Crippen LogP contribution in [-0.2, 0) is 11.2 Å². The third kappa shape index (κ3) is 3.91. The molecular weight excluding hydrogens is 227 g/mol. The molecule has 1 atom stereocenters. The van der Waals surface area contributed by atoms with Gasteiger partial charge in [0.25, 0.3) is 0 Å². The molecule has 4 nitrogen and oxygen atoms in total. The van der Waals surface area contributed by atoms with Gasteiger partial charge >= 0.3 is 5.97 Å². The first-order valence-electron chi connectivity index (χ1n) is 3.68. The topological polar surface area (TPSA) is 76.2 Å². The van der Waals surface area contributed by atoms with E-state index >= 15 is 0 Å². The molecule has 1 aromatic heterocycles. The molecule has 0 aliphatic carbocycles. The molecule has 0 radical (unpaired) electrons. The van der Waals surface area contributed by atoms with Crippen LogP contribution < -0.4 is 5.73 Å². The van der Waals surface area contributed by atoms with Gasteiger partial charge in [0.15, 0.2) is 0 Å². The average molecular weight is 237 g/mol. The largest absolute Gasteiger partial charge is 0.480 e. The van der Waals surface area contributed by atoms with Crippen LogP contribution in [0.4, 0.5) is 0 Å². The van der Waals surface area contributed by atoms with Gasteiger partial charge in [0.05, 0.1) is 0 Å². The summed E-state index contributed by atoms with van der Waals surface area (Å²) in [6, 6.07) is 2.42. The lowest BCUT2D eigenvalue weighted by Crippen LogP contribution is -2.32. The summed E-state index contributed by atoms with van der Waals surface area (Å²) >= 11 is 5.55. The van der Waals surface area contributed by atoms with Crippen LogP contribution in [0.25, 0.3) is 0 Å². The van der Waals surface area contributed by atoms with Crippen molar-refractivity contribution in [1.29, 1.82) is 0 Å². The number of hydrogen-bond donors (Lipinski definition) is 2. The molecule has 0 fully saturated rings. The molecule has 1 aromatic rings. The number of carboxylic acid groups (broad SMARTS) is 1. The van der Waals surface area contributed by atoms with E-state index in [9.17, 15) is 4.79 Å². The summed E-state index contributed by atoms with van der Waals surface area (Å²) in [5.74, 6) is -1.02. The van der Waals surface area contributed by atoms with E-state index in [2.05, 4.69) is 4.98 Å². The zero-order chi connectivity index (χ0) is 9.84. The standard InChI is InChI=1S/C8H9ClN2O2.ClH/c9-7-2-1-5(4-11-7)3-6(10)8(12)13;/h1-2,4,6H,3,10H2,(H,12,13);1H/t6-;/m0./s1. The lowest BCUT2D eigenvalue weighted by Gasteiger charge is -2.05. The van der Waals surface area contributed by atoms with Gasteiger partial charge in [-0.2, -0.15) is 0 Å². The van der Waals surface area contributed by atoms with Crippen LogP contribution in [0.5, 0.6) is 0 Å². The Bertz CT molecular complexity index is 303. The second kappa shape index (κ2) is 5.80. The number of aromatic nitrogens is 1. The zero-order valence-corrected chi connectivity index (χ0v) is 8.76. The lowest BCUT2D eigenvalue weighted by atomic mass is 10.1. The number of pyridine rings is 1. The molecule has 0 saturated carbocycles. The monoisotopic (exact) mass is 236 g/mol. The number of carbonyl (C=O) groups is 1. The Morgan fingerprint density at radius 3 is 2.71 bits per heavy atom. The molecular formula is C8H10Cl2N2O2. The molecule has 0 unspecified atom stereocenters. The van der Waals surface area contributed by atoms with Gasteiger partial charge < -0.3 is 10.8 Å². The van der Waals surface area contributed by atoms with E-state index in [1.54, 1.807) is 12.1 Å². The summed E-state index contributed by atoms with van der Waals surface area (Å²) in [5, 5.41) is 8.91. The first kappa shape index (κ1) is 13.2. The van der Waals surface area contributed by atoms with Crippen LogP contribution in [0.1, 0.15) is 5.56 Å². The quantitative estimate of drug-likeness (QED) is 0.772. The fraction of sp³-hybridized carbons (Fsp3) is 0.250. The maximum atomic E-state index is 10.4. The molecule has 14 heavy (non-hydrogen) atoms. The van der Waals surface area contributed by atoms with E-state index in [4.69, 9.17) is 22.4 Å². The maximum absolute atomic E-state index is 10.4. The normalized spacial score (nSPS) is 11.6. The van der Waals surface area contributed by atoms with Crippen molar-refractivity contribution in [2.75, 3.05) is 0 Å². The van der Waals surface area contributed by atoms with E-state index in [-0.39, 0.29) is 18.8 Å². The Labute approximate surface area is 92.5 Å². The molecule has 78 valence electrons. The third-order valence-electron chi connectivity index (χ3n) is 1.56. The third-order valence-corrected chi connectivity index (χ3v) is 1.79. The van der Waals surface area contributed by atoms with Crippen molar-refractivity contribution in [2.45, 2.75) is 12.5 Å². The van der Waals surface area contributed by atoms with E-state index in [1.165, 1.54) is 6.20 Å². The molecule has 0 saturated heterocycles. The van der Waals surface area contributed by atoms with Crippen LogP contribution in [-0.4, -0.2) is 22.1 Å². The van der Waals surface area contributed by atoms with E-state index < -0.39 is 12.0 Å². The lowest BCUT2D eigenvalue weighted by molar-refractivity contribution is -0.138. The highest BCUT2D eigenvalue weighted by Crippen LogP contribution is 2.06. The van der Waals surface area contributed by atoms with Gasteiger partial charge in [-0.05, 0) is 18.1 Å². The Balaban J connectivity index is 0.00000169. The summed E-state index contributed by atoms with van der Waals surface area (Å²) in [6.45, 7) is 0. The van der Waals surface area contributed by atoms with Gasteiger partial charge in [0.2, 0.25) is 0 Å². The van der Waals surface area contributed by atoms with Gasteiger partial charge in [-0.15, -0.1) is 12.4 Å². The summed E-state index contributed by atoms with van der Waals surface area (Å²) in [6.07, 6.45) is 1.78. The number of nitrogens with two attached hydrogens (primary N) is 1. The summed E-state index contributed by atoms with van der Waals surface area (Å²) in [7, 11) is 0. The van der Waals surface area contributed by atoms with Crippen molar-refractivity contribution in [3.63, 3.8) is 0 Å². The SMILES string of the molecule is Cl.N[C@@H](Cc1ccc(Cl)nc1)C(=O)O. The smallest absolute Gasteiger partial charge is 0.320 e. The molecule has 0 bridgehead atoms. The van der Waals surface area contributed by atoms with Crippen molar-refractivity contribution in [3.8, 4) is 0 Å². The number of hydrogen-bond acceptors (Lipinski definition) is 3. The van der Waals surface area contributed by atoms with Crippen LogP contribution in [0.3, 0.4) is 0 Å². The zero-order valence-electron chi connectivity index (χ0n) is 7.18. The number of halogens is 2. The molecule has 0 aromatic carbocycles. The first-order valence-corrected chi connectivity index (χ1v) is 4.06. The first-order chi connectivity index (χ1) is 6.09. The molecule has 1 rings (SSSR count). The number of carboxylic acids is 1. The highest BCUT2D eigenvalue weighted by molar-refractivity contribution is 6.29. The molecule has 1 heterocycles. The Morgan fingerprint density at radius 1 is 1.64 bits per heavy atom. The highest BCUT2D eigenvalue weighted by atomic mass is 35.5.